The van der Waals surface area contributed by atoms with E-state index in [-0.39, 0.29) is 6.04 Å². The zero-order valence-electron chi connectivity index (χ0n) is 8.48. The molecule has 4 nitrogen and oxygen atoms in total. The number of hydrogen-bond donors (Lipinski definition) is 1. The molecule has 2 aliphatic heterocycles. The van der Waals surface area contributed by atoms with Crippen molar-refractivity contribution in [2.75, 3.05) is 18.1 Å². The number of hydrogen-bond acceptors (Lipinski definition) is 3. The fourth-order valence-electron chi connectivity index (χ4n) is 1.83. The van der Waals surface area contributed by atoms with Gasteiger partial charge in [0, 0.05) is 0 Å². The van der Waals surface area contributed by atoms with Gasteiger partial charge in [-0.05, 0) is 12.1 Å². The highest BCUT2D eigenvalue weighted by Crippen LogP contribution is 2.33. The second-order valence-corrected chi connectivity index (χ2v) is 4.09. The molecule has 1 unspecified atom stereocenters. The van der Waals surface area contributed by atoms with Crippen molar-refractivity contribution >= 4 is 28.3 Å². The Bertz CT molecular complexity index is 486. The average molecular weight is 236 g/mol. The maximum Gasteiger partial charge on any atom is 0.161 e. The Morgan fingerprint density at radius 3 is 3.00 bits per heavy atom. The molecule has 0 aromatic heterocycles. The summed E-state index contributed by atoms with van der Waals surface area (Å²) in [4.78, 5) is 5.88. The molecular formula is C11H10ClN3O. The van der Waals surface area contributed by atoms with Crippen LogP contribution >= 0.6 is 11.6 Å². The molecule has 0 saturated carbocycles. The largest absolute Gasteiger partial charge is 0.490 e. The van der Waals surface area contributed by atoms with Gasteiger partial charge in [0.2, 0.25) is 0 Å². The molecule has 0 amide bonds. The predicted octanol–water partition coefficient (Wildman–Crippen LogP) is 1.88. The van der Waals surface area contributed by atoms with Gasteiger partial charge in [-0.15, -0.1) is 0 Å². The fourth-order valence-corrected chi connectivity index (χ4v) is 2.03. The molecule has 0 spiro atoms. The standard InChI is InChI=1S/C11H10ClN3O/c12-10-9(14-10)11(13)15-5-6-16-8-4-2-1-3-7(8)15/h1-4,9,13H,5-6H2. The molecule has 3 rings (SSSR count). The topological polar surface area (TPSA) is 48.7 Å². The van der Waals surface area contributed by atoms with Crippen LogP contribution in [-0.2, 0) is 0 Å². The van der Waals surface area contributed by atoms with Crippen molar-refractivity contribution in [3.63, 3.8) is 0 Å². The van der Waals surface area contributed by atoms with Crippen LogP contribution in [0.25, 0.3) is 0 Å². The first-order valence-corrected chi connectivity index (χ1v) is 5.46. The number of rotatable bonds is 1. The molecule has 1 aromatic rings. The van der Waals surface area contributed by atoms with Crippen molar-refractivity contribution in [1.29, 1.82) is 5.41 Å². The molecule has 0 saturated heterocycles. The van der Waals surface area contributed by atoms with E-state index in [1.807, 2.05) is 29.2 Å². The van der Waals surface area contributed by atoms with Gasteiger partial charge in [0.05, 0.1) is 12.2 Å². The van der Waals surface area contributed by atoms with E-state index < -0.39 is 0 Å². The molecule has 0 bridgehead atoms. The molecule has 1 aromatic carbocycles. The number of halogens is 1. The van der Waals surface area contributed by atoms with Gasteiger partial charge in [0.25, 0.3) is 0 Å². The van der Waals surface area contributed by atoms with Crippen LogP contribution in [0, 0.1) is 5.41 Å². The van der Waals surface area contributed by atoms with E-state index in [0.717, 1.165) is 11.4 Å². The predicted molar refractivity (Wildman–Crippen MR) is 64.1 cm³/mol. The summed E-state index contributed by atoms with van der Waals surface area (Å²) in [5.41, 5.74) is 0.922. The molecule has 0 aliphatic carbocycles. The Morgan fingerprint density at radius 2 is 2.25 bits per heavy atom. The second kappa shape index (κ2) is 3.49. The van der Waals surface area contributed by atoms with E-state index in [0.29, 0.717) is 24.2 Å². The minimum absolute atomic E-state index is 0.229. The molecular weight excluding hydrogens is 226 g/mol. The Balaban J connectivity index is 1.90. The lowest BCUT2D eigenvalue weighted by Crippen LogP contribution is -2.40. The van der Waals surface area contributed by atoms with E-state index >= 15 is 0 Å². The first-order chi connectivity index (χ1) is 7.77. The average Bonchev–Trinajstić information content (AvgIpc) is 3.05. The van der Waals surface area contributed by atoms with Crippen LogP contribution in [-0.4, -0.2) is 30.2 Å². The summed E-state index contributed by atoms with van der Waals surface area (Å²) >= 11 is 5.74. The number of fused-ring (bicyclic) bond motifs is 1. The Hall–Kier alpha value is -1.55. The zero-order valence-corrected chi connectivity index (χ0v) is 9.24. The van der Waals surface area contributed by atoms with Gasteiger partial charge in [-0.25, -0.2) is 0 Å². The third-order valence-corrected chi connectivity index (χ3v) is 2.99. The third-order valence-electron chi connectivity index (χ3n) is 2.69. The molecule has 16 heavy (non-hydrogen) atoms. The SMILES string of the molecule is N=C(C1N=C1Cl)N1CCOc2ccccc21. The summed E-state index contributed by atoms with van der Waals surface area (Å²) < 4.78 is 5.52. The molecule has 2 heterocycles. The molecule has 0 fully saturated rings. The Morgan fingerprint density at radius 1 is 1.50 bits per heavy atom. The summed E-state index contributed by atoms with van der Waals surface area (Å²) in [6, 6.07) is 7.48. The Kier molecular flexibility index (Phi) is 2.11. The summed E-state index contributed by atoms with van der Waals surface area (Å²) in [5.74, 6) is 1.25. The number of para-hydroxylation sites is 2. The van der Waals surface area contributed by atoms with Crippen molar-refractivity contribution in [2.24, 2.45) is 4.99 Å². The lowest BCUT2D eigenvalue weighted by atomic mass is 10.2. The maximum atomic E-state index is 8.03. The van der Waals surface area contributed by atoms with Crippen molar-refractivity contribution in [3.05, 3.63) is 24.3 Å². The van der Waals surface area contributed by atoms with Crippen LogP contribution in [0.3, 0.4) is 0 Å². The number of anilines is 1. The van der Waals surface area contributed by atoms with Gasteiger partial charge in [-0.1, -0.05) is 23.7 Å². The first kappa shape index (κ1) is 9.66. The normalized spacial score (nSPS) is 21.9. The number of amidine groups is 1. The van der Waals surface area contributed by atoms with Crippen LogP contribution in [0.4, 0.5) is 5.69 Å². The summed E-state index contributed by atoms with van der Waals surface area (Å²) in [7, 11) is 0. The van der Waals surface area contributed by atoms with E-state index in [9.17, 15) is 0 Å². The van der Waals surface area contributed by atoms with Gasteiger partial charge < -0.3 is 9.64 Å². The summed E-state index contributed by atoms with van der Waals surface area (Å²) in [6.07, 6.45) is 0. The van der Waals surface area contributed by atoms with Crippen molar-refractivity contribution < 1.29 is 4.74 Å². The van der Waals surface area contributed by atoms with Crippen LogP contribution < -0.4 is 9.64 Å². The summed E-state index contributed by atoms with van der Waals surface area (Å²) in [5, 5.41) is 8.56. The van der Waals surface area contributed by atoms with Crippen LogP contribution in [0.2, 0.25) is 0 Å². The fraction of sp³-hybridized carbons (Fsp3) is 0.273. The molecule has 2 aliphatic rings. The van der Waals surface area contributed by atoms with Gasteiger partial charge >= 0.3 is 0 Å². The van der Waals surface area contributed by atoms with E-state index in [1.165, 1.54) is 0 Å². The highest BCUT2D eigenvalue weighted by molar-refractivity contribution is 6.73. The third kappa shape index (κ3) is 1.46. The van der Waals surface area contributed by atoms with Gasteiger partial charge in [-0.2, -0.15) is 0 Å². The minimum Gasteiger partial charge on any atom is -0.490 e. The second-order valence-electron chi connectivity index (χ2n) is 3.71. The van der Waals surface area contributed by atoms with Crippen molar-refractivity contribution in [2.45, 2.75) is 6.04 Å². The highest BCUT2D eigenvalue weighted by atomic mass is 35.5. The monoisotopic (exact) mass is 235 g/mol. The molecule has 5 heteroatoms. The van der Waals surface area contributed by atoms with E-state index in [4.69, 9.17) is 21.7 Å². The summed E-state index contributed by atoms with van der Waals surface area (Å²) in [6.45, 7) is 1.26. The number of aliphatic imine (C=N–C) groups is 1. The smallest absolute Gasteiger partial charge is 0.161 e. The zero-order chi connectivity index (χ0) is 11.1. The van der Waals surface area contributed by atoms with Gasteiger partial charge in [0.15, 0.2) is 6.04 Å². The highest BCUT2D eigenvalue weighted by Gasteiger charge is 2.35. The maximum absolute atomic E-state index is 8.03. The first-order valence-electron chi connectivity index (χ1n) is 5.08. The number of nitrogens with zero attached hydrogens (tertiary/aromatic N) is 2. The van der Waals surface area contributed by atoms with Crippen LogP contribution in [0.5, 0.6) is 5.75 Å². The minimum atomic E-state index is -0.229. The lowest BCUT2D eigenvalue weighted by molar-refractivity contribution is 0.315. The lowest BCUT2D eigenvalue weighted by Gasteiger charge is -2.30. The molecule has 82 valence electrons. The van der Waals surface area contributed by atoms with Crippen molar-refractivity contribution in [3.8, 4) is 5.75 Å². The number of nitrogens with one attached hydrogen (secondary N) is 1. The number of benzene rings is 1. The van der Waals surface area contributed by atoms with E-state index in [1.54, 1.807) is 0 Å². The van der Waals surface area contributed by atoms with E-state index in [2.05, 4.69) is 4.99 Å². The quantitative estimate of drug-likeness (QED) is 0.597. The number of ether oxygens (including phenoxy) is 1. The molecule has 1 atom stereocenters. The van der Waals surface area contributed by atoms with Crippen LogP contribution in [0.15, 0.2) is 29.3 Å². The molecule has 0 radical (unpaired) electrons. The van der Waals surface area contributed by atoms with Gasteiger partial charge in [0.1, 0.15) is 23.4 Å². The van der Waals surface area contributed by atoms with Crippen LogP contribution in [0.1, 0.15) is 0 Å². The molecule has 1 N–H and O–H groups in total. The Labute approximate surface area is 98.0 Å². The van der Waals surface area contributed by atoms with Gasteiger partial charge in [-0.3, -0.25) is 10.4 Å². The van der Waals surface area contributed by atoms with Crippen molar-refractivity contribution in [1.82, 2.24) is 0 Å².